The van der Waals surface area contributed by atoms with E-state index in [9.17, 15) is 10.1 Å². The lowest BCUT2D eigenvalue weighted by Crippen LogP contribution is -2.30. The molecule has 0 aromatic heterocycles. The molecule has 0 saturated carbocycles. The zero-order valence-corrected chi connectivity index (χ0v) is 13.1. The van der Waals surface area contributed by atoms with Crippen LogP contribution >= 0.6 is 11.8 Å². The maximum absolute atomic E-state index is 12.1. The Balaban J connectivity index is 2.18. The van der Waals surface area contributed by atoms with Crippen LogP contribution in [-0.4, -0.2) is 11.7 Å². The van der Waals surface area contributed by atoms with Crippen molar-refractivity contribution in [1.29, 1.82) is 5.26 Å². The molecule has 0 fully saturated rings. The lowest BCUT2D eigenvalue weighted by atomic mass is 9.84. The third kappa shape index (κ3) is 2.60. The highest BCUT2D eigenvalue weighted by Crippen LogP contribution is 2.38. The fourth-order valence-corrected chi connectivity index (χ4v) is 3.72. The number of rotatable bonds is 3. The Morgan fingerprint density at radius 2 is 2.05 bits per heavy atom. The second-order valence-electron chi connectivity index (χ2n) is 5.16. The van der Waals surface area contributed by atoms with Crippen molar-refractivity contribution in [3.8, 4) is 6.07 Å². The summed E-state index contributed by atoms with van der Waals surface area (Å²) >= 11 is 1.52. The molecular formula is C18H16N2OS. The summed E-state index contributed by atoms with van der Waals surface area (Å²) in [6.45, 7) is 2.01. The summed E-state index contributed by atoms with van der Waals surface area (Å²) in [6.07, 6.45) is 0.324. The fraction of sp³-hybridized carbons (Fsp3) is 0.222. The van der Waals surface area contributed by atoms with Gasteiger partial charge >= 0.3 is 0 Å². The summed E-state index contributed by atoms with van der Waals surface area (Å²) in [4.78, 5) is 12.1. The van der Waals surface area contributed by atoms with Crippen molar-refractivity contribution >= 4 is 28.4 Å². The minimum absolute atomic E-state index is 0.0205. The maximum atomic E-state index is 12.1. The molecule has 22 heavy (non-hydrogen) atoms. The summed E-state index contributed by atoms with van der Waals surface area (Å²) < 4.78 is 0. The van der Waals surface area contributed by atoms with Gasteiger partial charge in [-0.1, -0.05) is 49.4 Å². The molecule has 1 aliphatic rings. The van der Waals surface area contributed by atoms with E-state index in [1.807, 2.05) is 31.2 Å². The number of nitrogens with zero attached hydrogens (tertiary/aromatic N) is 1. The van der Waals surface area contributed by atoms with E-state index in [4.69, 9.17) is 0 Å². The SMILES string of the molecule is CCSC1=C(C#N)[C@@H](c2cccc3ccccc23)CC(=O)N1. The zero-order chi connectivity index (χ0) is 15.5. The van der Waals surface area contributed by atoms with Crippen LogP contribution in [0.2, 0.25) is 0 Å². The Labute approximate surface area is 134 Å². The number of carbonyl (C=O) groups excluding carboxylic acids is 1. The van der Waals surface area contributed by atoms with E-state index in [0.29, 0.717) is 17.0 Å². The van der Waals surface area contributed by atoms with Gasteiger partial charge in [0, 0.05) is 12.3 Å². The summed E-state index contributed by atoms with van der Waals surface area (Å²) in [5.74, 6) is 0.634. The number of nitriles is 1. The topological polar surface area (TPSA) is 52.9 Å². The first kappa shape index (κ1) is 14.7. The van der Waals surface area contributed by atoms with Crippen molar-refractivity contribution in [1.82, 2.24) is 5.32 Å². The molecule has 1 heterocycles. The first-order chi connectivity index (χ1) is 10.7. The fourth-order valence-electron chi connectivity index (χ4n) is 2.90. The summed E-state index contributed by atoms with van der Waals surface area (Å²) in [5, 5.41) is 15.4. The van der Waals surface area contributed by atoms with Crippen LogP contribution in [0.4, 0.5) is 0 Å². The highest BCUT2D eigenvalue weighted by Gasteiger charge is 2.30. The Morgan fingerprint density at radius 3 is 2.82 bits per heavy atom. The minimum Gasteiger partial charge on any atom is -0.320 e. The van der Waals surface area contributed by atoms with E-state index in [-0.39, 0.29) is 11.8 Å². The standard InChI is InChI=1S/C18H16N2OS/c1-2-22-18-16(11-19)15(10-17(21)20-18)14-9-5-7-12-6-3-4-8-13(12)14/h3-9,15H,2,10H2,1H3,(H,20,21)/t15-/m1/s1. The number of benzene rings is 2. The highest BCUT2D eigenvalue weighted by molar-refractivity contribution is 8.03. The van der Waals surface area contributed by atoms with Crippen LogP contribution in [0.5, 0.6) is 0 Å². The molecular weight excluding hydrogens is 292 g/mol. The van der Waals surface area contributed by atoms with Gasteiger partial charge in [-0.15, -0.1) is 11.8 Å². The van der Waals surface area contributed by atoms with Crippen molar-refractivity contribution in [2.75, 3.05) is 5.75 Å². The van der Waals surface area contributed by atoms with Crippen LogP contribution in [0.1, 0.15) is 24.8 Å². The van der Waals surface area contributed by atoms with Gasteiger partial charge < -0.3 is 5.32 Å². The number of thioether (sulfide) groups is 1. The minimum atomic E-state index is -0.168. The Bertz CT molecular complexity index is 799. The average molecular weight is 308 g/mol. The average Bonchev–Trinajstić information content (AvgIpc) is 2.54. The van der Waals surface area contributed by atoms with Gasteiger partial charge in [0.05, 0.1) is 16.7 Å². The van der Waals surface area contributed by atoms with Gasteiger partial charge in [-0.3, -0.25) is 4.79 Å². The monoisotopic (exact) mass is 308 g/mol. The molecule has 2 aromatic rings. The molecule has 0 unspecified atom stereocenters. The lowest BCUT2D eigenvalue weighted by molar-refractivity contribution is -0.120. The Hall–Kier alpha value is -2.25. The van der Waals surface area contributed by atoms with E-state index in [1.165, 1.54) is 11.8 Å². The molecule has 1 N–H and O–H groups in total. The predicted octanol–water partition coefficient (Wildman–Crippen LogP) is 3.93. The molecule has 1 amide bonds. The highest BCUT2D eigenvalue weighted by atomic mass is 32.2. The molecule has 3 nitrogen and oxygen atoms in total. The van der Waals surface area contributed by atoms with Crippen LogP contribution < -0.4 is 5.32 Å². The third-order valence-corrected chi connectivity index (χ3v) is 4.74. The van der Waals surface area contributed by atoms with Crippen molar-refractivity contribution < 1.29 is 4.79 Å². The van der Waals surface area contributed by atoms with Gasteiger partial charge in [0.15, 0.2) is 0 Å². The second-order valence-corrected chi connectivity index (χ2v) is 6.44. The second kappa shape index (κ2) is 6.25. The molecule has 1 aliphatic heterocycles. The van der Waals surface area contributed by atoms with Crippen LogP contribution in [0.3, 0.4) is 0 Å². The molecule has 0 saturated heterocycles. The Kier molecular flexibility index (Phi) is 4.17. The van der Waals surface area contributed by atoms with E-state index < -0.39 is 0 Å². The normalized spacial score (nSPS) is 18.2. The van der Waals surface area contributed by atoms with Crippen LogP contribution in [0.25, 0.3) is 10.8 Å². The summed E-state index contributed by atoms with van der Waals surface area (Å²) in [5.41, 5.74) is 1.72. The predicted molar refractivity (Wildman–Crippen MR) is 90.2 cm³/mol. The molecule has 2 aromatic carbocycles. The first-order valence-electron chi connectivity index (χ1n) is 7.29. The number of fused-ring (bicyclic) bond motifs is 1. The van der Waals surface area contributed by atoms with Crippen molar-refractivity contribution in [3.05, 3.63) is 58.6 Å². The van der Waals surface area contributed by atoms with Crippen molar-refractivity contribution in [3.63, 3.8) is 0 Å². The Morgan fingerprint density at radius 1 is 1.27 bits per heavy atom. The van der Waals surface area contributed by atoms with Crippen LogP contribution in [-0.2, 0) is 4.79 Å². The van der Waals surface area contributed by atoms with Crippen molar-refractivity contribution in [2.45, 2.75) is 19.3 Å². The van der Waals surface area contributed by atoms with Crippen LogP contribution in [0.15, 0.2) is 53.1 Å². The smallest absolute Gasteiger partial charge is 0.225 e. The van der Waals surface area contributed by atoms with E-state index in [0.717, 1.165) is 22.1 Å². The maximum Gasteiger partial charge on any atom is 0.225 e. The zero-order valence-electron chi connectivity index (χ0n) is 12.3. The van der Waals surface area contributed by atoms with Crippen LogP contribution in [0, 0.1) is 11.3 Å². The first-order valence-corrected chi connectivity index (χ1v) is 8.27. The molecule has 0 radical (unpaired) electrons. The van der Waals surface area contributed by atoms with Gasteiger partial charge in [-0.2, -0.15) is 5.26 Å². The molecule has 110 valence electrons. The summed E-state index contributed by atoms with van der Waals surface area (Å²) in [6, 6.07) is 16.5. The van der Waals surface area contributed by atoms with E-state index in [1.54, 1.807) is 0 Å². The number of nitrogens with one attached hydrogen (secondary N) is 1. The number of hydrogen-bond acceptors (Lipinski definition) is 3. The number of amides is 1. The van der Waals surface area contributed by atoms with Gasteiger partial charge in [0.2, 0.25) is 5.91 Å². The van der Waals surface area contributed by atoms with E-state index >= 15 is 0 Å². The largest absolute Gasteiger partial charge is 0.320 e. The number of carbonyl (C=O) groups is 1. The van der Waals surface area contributed by atoms with Gasteiger partial charge in [-0.25, -0.2) is 0 Å². The van der Waals surface area contributed by atoms with Gasteiger partial charge in [0.25, 0.3) is 0 Å². The quantitative estimate of drug-likeness (QED) is 0.934. The molecule has 4 heteroatoms. The molecule has 0 bridgehead atoms. The van der Waals surface area contributed by atoms with Gasteiger partial charge in [-0.05, 0) is 22.1 Å². The third-order valence-electron chi connectivity index (χ3n) is 3.84. The molecule has 3 rings (SSSR count). The molecule has 0 aliphatic carbocycles. The molecule has 1 atom stereocenters. The lowest BCUT2D eigenvalue weighted by Gasteiger charge is -2.25. The molecule has 0 spiro atoms. The number of hydrogen-bond donors (Lipinski definition) is 1. The summed E-state index contributed by atoms with van der Waals surface area (Å²) in [7, 11) is 0. The number of allylic oxidation sites excluding steroid dienone is 1. The van der Waals surface area contributed by atoms with Crippen molar-refractivity contribution in [2.24, 2.45) is 0 Å². The van der Waals surface area contributed by atoms with E-state index in [2.05, 4.69) is 29.6 Å². The van der Waals surface area contributed by atoms with Gasteiger partial charge in [0.1, 0.15) is 0 Å².